The van der Waals surface area contributed by atoms with E-state index in [9.17, 15) is 4.79 Å². The van der Waals surface area contributed by atoms with Gasteiger partial charge in [-0.1, -0.05) is 6.07 Å². The predicted octanol–water partition coefficient (Wildman–Crippen LogP) is 1.50. The van der Waals surface area contributed by atoms with Crippen LogP contribution in [0.4, 0.5) is 5.69 Å². The first-order chi connectivity index (χ1) is 7.95. The van der Waals surface area contributed by atoms with Gasteiger partial charge < -0.3 is 15.0 Å². The summed E-state index contributed by atoms with van der Waals surface area (Å²) in [6, 6.07) is 5.95. The van der Waals surface area contributed by atoms with Gasteiger partial charge in [0.15, 0.2) is 6.61 Å². The molecule has 17 heavy (non-hydrogen) atoms. The van der Waals surface area contributed by atoms with E-state index in [1.165, 1.54) is 0 Å². The lowest BCUT2D eigenvalue weighted by molar-refractivity contribution is -0.120. The van der Waals surface area contributed by atoms with Crippen LogP contribution in [0.5, 0.6) is 5.75 Å². The molecule has 4 nitrogen and oxygen atoms in total. The van der Waals surface area contributed by atoms with Crippen LogP contribution in [-0.2, 0) is 10.3 Å². The van der Waals surface area contributed by atoms with Crippen LogP contribution < -0.4 is 15.0 Å². The zero-order valence-electron chi connectivity index (χ0n) is 10.7. The second-order valence-corrected chi connectivity index (χ2v) is 4.80. The Balaban J connectivity index is 2.42. The van der Waals surface area contributed by atoms with Gasteiger partial charge in [0.05, 0.1) is 5.69 Å². The normalized spacial score (nSPS) is 15.5. The van der Waals surface area contributed by atoms with E-state index in [-0.39, 0.29) is 18.1 Å². The molecule has 1 amide bonds. The summed E-state index contributed by atoms with van der Waals surface area (Å²) >= 11 is 0. The van der Waals surface area contributed by atoms with Crippen LogP contribution in [0.25, 0.3) is 0 Å². The van der Waals surface area contributed by atoms with E-state index < -0.39 is 0 Å². The Bertz CT molecular complexity index is 455. The van der Waals surface area contributed by atoms with Gasteiger partial charge in [-0.2, -0.15) is 0 Å². The van der Waals surface area contributed by atoms with E-state index in [0.717, 1.165) is 17.0 Å². The number of fused-ring (bicyclic) bond motifs is 1. The average molecular weight is 234 g/mol. The molecule has 1 heterocycles. The molecule has 1 aliphatic heterocycles. The van der Waals surface area contributed by atoms with Gasteiger partial charge in [-0.25, -0.2) is 0 Å². The van der Waals surface area contributed by atoms with Gasteiger partial charge >= 0.3 is 0 Å². The Morgan fingerprint density at radius 1 is 1.41 bits per heavy atom. The fraction of sp³-hybridized carbons (Fsp3) is 0.462. The van der Waals surface area contributed by atoms with Gasteiger partial charge in [0.25, 0.3) is 5.91 Å². The molecule has 0 fully saturated rings. The minimum Gasteiger partial charge on any atom is -0.482 e. The van der Waals surface area contributed by atoms with Crippen LogP contribution in [0.3, 0.4) is 0 Å². The quantitative estimate of drug-likeness (QED) is 0.843. The first-order valence-corrected chi connectivity index (χ1v) is 5.68. The molecule has 0 saturated heterocycles. The van der Waals surface area contributed by atoms with E-state index in [0.29, 0.717) is 0 Å². The molecular weight excluding hydrogens is 216 g/mol. The maximum atomic E-state index is 11.5. The number of hydrogen-bond acceptors (Lipinski definition) is 3. The molecule has 0 spiro atoms. The molecule has 2 rings (SSSR count). The molecule has 1 aromatic rings. The van der Waals surface area contributed by atoms with Gasteiger partial charge in [-0.15, -0.1) is 0 Å². The number of nitrogens with one attached hydrogen (secondary N) is 1. The second kappa shape index (κ2) is 4.04. The number of anilines is 1. The standard InChI is InChI=1S/C13H18N2O2/c1-13(2,14-3)9-5-6-10-11(7-9)17-8-12(16)15(10)4/h5-7,14H,8H2,1-4H3. The Labute approximate surface area is 102 Å². The third-order valence-corrected chi connectivity index (χ3v) is 3.39. The van der Waals surface area contributed by atoms with Crippen molar-refractivity contribution < 1.29 is 9.53 Å². The van der Waals surface area contributed by atoms with E-state index in [1.54, 1.807) is 11.9 Å². The van der Waals surface area contributed by atoms with Gasteiger partial charge in [0.1, 0.15) is 5.75 Å². The monoisotopic (exact) mass is 234 g/mol. The van der Waals surface area contributed by atoms with E-state index in [2.05, 4.69) is 19.2 Å². The van der Waals surface area contributed by atoms with Crippen LogP contribution in [-0.4, -0.2) is 26.6 Å². The molecular formula is C13H18N2O2. The highest BCUT2D eigenvalue weighted by Crippen LogP contribution is 2.34. The molecule has 0 aromatic heterocycles. The number of ether oxygens (including phenoxy) is 1. The van der Waals surface area contributed by atoms with Crippen LogP contribution in [0.2, 0.25) is 0 Å². The summed E-state index contributed by atoms with van der Waals surface area (Å²) in [4.78, 5) is 13.1. The summed E-state index contributed by atoms with van der Waals surface area (Å²) in [6.45, 7) is 4.33. The van der Waals surface area contributed by atoms with Crippen LogP contribution >= 0.6 is 0 Å². The molecule has 1 aliphatic rings. The summed E-state index contributed by atoms with van der Waals surface area (Å²) in [7, 11) is 3.70. The molecule has 92 valence electrons. The molecule has 0 unspecified atom stereocenters. The molecule has 4 heteroatoms. The Morgan fingerprint density at radius 2 is 2.12 bits per heavy atom. The number of benzene rings is 1. The number of nitrogens with zero attached hydrogens (tertiary/aromatic N) is 1. The Morgan fingerprint density at radius 3 is 2.76 bits per heavy atom. The number of carbonyl (C=O) groups excluding carboxylic acids is 1. The summed E-state index contributed by atoms with van der Waals surface area (Å²) in [5, 5.41) is 3.25. The van der Waals surface area contributed by atoms with Crippen molar-refractivity contribution >= 4 is 11.6 Å². The lowest BCUT2D eigenvalue weighted by Gasteiger charge is -2.30. The van der Waals surface area contributed by atoms with Crippen molar-refractivity contribution in [2.45, 2.75) is 19.4 Å². The van der Waals surface area contributed by atoms with E-state index in [4.69, 9.17) is 4.74 Å². The SMILES string of the molecule is CNC(C)(C)c1ccc2c(c1)OCC(=O)N2C. The van der Waals surface area contributed by atoms with Crippen molar-refractivity contribution in [3.8, 4) is 5.75 Å². The molecule has 0 saturated carbocycles. The highest BCUT2D eigenvalue weighted by molar-refractivity contribution is 5.97. The number of likely N-dealkylation sites (N-methyl/N-ethyl adjacent to an activating group) is 1. The number of carbonyl (C=O) groups is 1. The maximum Gasteiger partial charge on any atom is 0.264 e. The highest BCUT2D eigenvalue weighted by Gasteiger charge is 2.25. The molecule has 0 aliphatic carbocycles. The maximum absolute atomic E-state index is 11.5. The van der Waals surface area contributed by atoms with Gasteiger partial charge in [0.2, 0.25) is 0 Å². The third kappa shape index (κ3) is 2.00. The van der Waals surface area contributed by atoms with Crippen LogP contribution in [0.15, 0.2) is 18.2 Å². The minimum absolute atomic E-state index is 0.0156. The Hall–Kier alpha value is -1.55. The lowest BCUT2D eigenvalue weighted by atomic mass is 9.94. The Kier molecular flexibility index (Phi) is 2.83. The summed E-state index contributed by atoms with van der Waals surface area (Å²) in [6.07, 6.45) is 0. The van der Waals surface area contributed by atoms with Crippen molar-refractivity contribution in [2.75, 3.05) is 25.6 Å². The van der Waals surface area contributed by atoms with Crippen molar-refractivity contribution in [1.29, 1.82) is 0 Å². The van der Waals surface area contributed by atoms with Gasteiger partial charge in [-0.3, -0.25) is 4.79 Å². The zero-order valence-corrected chi connectivity index (χ0v) is 10.7. The first kappa shape index (κ1) is 11.9. The van der Waals surface area contributed by atoms with Crippen LogP contribution in [0.1, 0.15) is 19.4 Å². The molecule has 0 radical (unpaired) electrons. The largest absolute Gasteiger partial charge is 0.482 e. The zero-order chi connectivity index (χ0) is 12.6. The summed E-state index contributed by atoms with van der Waals surface area (Å²) in [5.74, 6) is 0.756. The number of amides is 1. The third-order valence-electron chi connectivity index (χ3n) is 3.39. The van der Waals surface area contributed by atoms with E-state index in [1.807, 2.05) is 25.2 Å². The van der Waals surface area contributed by atoms with Gasteiger partial charge in [0, 0.05) is 12.6 Å². The second-order valence-electron chi connectivity index (χ2n) is 4.80. The molecule has 1 N–H and O–H groups in total. The molecule has 0 bridgehead atoms. The van der Waals surface area contributed by atoms with Crippen molar-refractivity contribution in [3.05, 3.63) is 23.8 Å². The average Bonchev–Trinajstić information content (AvgIpc) is 2.33. The number of rotatable bonds is 2. The lowest BCUT2D eigenvalue weighted by Crippen LogP contribution is -2.36. The van der Waals surface area contributed by atoms with Gasteiger partial charge in [-0.05, 0) is 38.6 Å². The van der Waals surface area contributed by atoms with Crippen molar-refractivity contribution in [2.24, 2.45) is 0 Å². The fourth-order valence-electron chi connectivity index (χ4n) is 1.81. The predicted molar refractivity (Wildman–Crippen MR) is 67.4 cm³/mol. The van der Waals surface area contributed by atoms with Crippen molar-refractivity contribution in [1.82, 2.24) is 5.32 Å². The smallest absolute Gasteiger partial charge is 0.264 e. The number of hydrogen-bond donors (Lipinski definition) is 1. The molecule has 1 aromatic carbocycles. The molecule has 0 atom stereocenters. The minimum atomic E-state index is -0.113. The first-order valence-electron chi connectivity index (χ1n) is 5.68. The van der Waals surface area contributed by atoms with Crippen LogP contribution in [0, 0.1) is 0 Å². The summed E-state index contributed by atoms with van der Waals surface area (Å²) in [5.41, 5.74) is 1.86. The fourth-order valence-corrected chi connectivity index (χ4v) is 1.81. The highest BCUT2D eigenvalue weighted by atomic mass is 16.5. The topological polar surface area (TPSA) is 41.6 Å². The van der Waals surface area contributed by atoms with Crippen molar-refractivity contribution in [3.63, 3.8) is 0 Å². The van der Waals surface area contributed by atoms with E-state index >= 15 is 0 Å². The summed E-state index contributed by atoms with van der Waals surface area (Å²) < 4.78 is 5.47.